The molecule has 5 nitrogen and oxygen atoms in total. The Morgan fingerprint density at radius 2 is 1.80 bits per heavy atom. The lowest BCUT2D eigenvalue weighted by molar-refractivity contribution is 0.0696. The van der Waals surface area contributed by atoms with Crippen LogP contribution in [-0.4, -0.2) is 26.0 Å². The number of anilines is 1. The molecule has 0 amide bonds. The predicted octanol–water partition coefficient (Wildman–Crippen LogP) is 3.65. The summed E-state index contributed by atoms with van der Waals surface area (Å²) in [7, 11) is -3.67. The molecule has 0 atom stereocenters. The molecule has 0 radical (unpaired) electrons. The predicted molar refractivity (Wildman–Crippen MR) is 96.8 cm³/mol. The monoisotopic (exact) mass is 359 g/mol. The van der Waals surface area contributed by atoms with E-state index in [-0.39, 0.29) is 10.5 Å². The number of rotatable bonds is 4. The molecule has 132 valence electrons. The number of hydrogen-bond acceptors (Lipinski definition) is 3. The zero-order chi connectivity index (χ0) is 18.2. The largest absolute Gasteiger partial charge is 0.478 e. The van der Waals surface area contributed by atoms with Gasteiger partial charge in [-0.05, 0) is 60.2 Å². The van der Waals surface area contributed by atoms with Gasteiger partial charge in [-0.25, -0.2) is 13.2 Å². The Morgan fingerprint density at radius 1 is 1.12 bits per heavy atom. The summed E-state index contributed by atoms with van der Waals surface area (Å²) in [5.41, 5.74) is 2.60. The van der Waals surface area contributed by atoms with Crippen molar-refractivity contribution in [2.75, 3.05) is 10.8 Å². The van der Waals surface area contributed by atoms with Gasteiger partial charge in [-0.3, -0.25) is 4.31 Å². The fourth-order valence-electron chi connectivity index (χ4n) is 3.10. The number of aromatic carboxylic acids is 1. The normalized spacial score (nSPS) is 14.4. The third kappa shape index (κ3) is 3.26. The van der Waals surface area contributed by atoms with Crippen molar-refractivity contribution in [3.8, 4) is 0 Å². The van der Waals surface area contributed by atoms with Gasteiger partial charge in [0.1, 0.15) is 0 Å². The molecule has 0 aliphatic carbocycles. The van der Waals surface area contributed by atoms with Crippen LogP contribution < -0.4 is 4.31 Å². The van der Waals surface area contributed by atoms with Crippen molar-refractivity contribution in [3.63, 3.8) is 0 Å². The van der Waals surface area contributed by atoms with Crippen LogP contribution in [0.1, 0.15) is 47.7 Å². The molecule has 0 aromatic heterocycles. The van der Waals surface area contributed by atoms with Gasteiger partial charge in [0, 0.05) is 6.54 Å². The first-order valence-electron chi connectivity index (χ1n) is 8.29. The van der Waals surface area contributed by atoms with E-state index in [0.717, 1.165) is 11.1 Å². The number of nitrogens with zero attached hydrogens (tertiary/aromatic N) is 1. The molecule has 1 heterocycles. The van der Waals surface area contributed by atoms with Gasteiger partial charge in [0.05, 0.1) is 16.1 Å². The Morgan fingerprint density at radius 3 is 2.40 bits per heavy atom. The van der Waals surface area contributed by atoms with E-state index in [0.29, 0.717) is 31.0 Å². The van der Waals surface area contributed by atoms with Crippen molar-refractivity contribution in [1.29, 1.82) is 0 Å². The number of carboxylic acid groups (broad SMARTS) is 1. The SMILES string of the molecule is CC(C)c1ccc(S(=O)(=O)N2CCCc3cc(C(=O)O)ccc32)cc1. The van der Waals surface area contributed by atoms with E-state index in [4.69, 9.17) is 5.11 Å². The molecule has 1 N–H and O–H groups in total. The van der Waals surface area contributed by atoms with Crippen LogP contribution in [0.5, 0.6) is 0 Å². The summed E-state index contributed by atoms with van der Waals surface area (Å²) in [4.78, 5) is 11.4. The zero-order valence-electron chi connectivity index (χ0n) is 14.3. The molecular formula is C19H21NO4S. The molecule has 25 heavy (non-hydrogen) atoms. The van der Waals surface area contributed by atoms with Crippen LogP contribution in [0.15, 0.2) is 47.4 Å². The van der Waals surface area contributed by atoms with Gasteiger partial charge < -0.3 is 5.11 Å². The number of carbonyl (C=O) groups is 1. The summed E-state index contributed by atoms with van der Waals surface area (Å²) >= 11 is 0. The summed E-state index contributed by atoms with van der Waals surface area (Å²) in [5, 5.41) is 9.13. The molecule has 0 saturated carbocycles. The Balaban J connectivity index is 2.00. The van der Waals surface area contributed by atoms with E-state index in [1.807, 2.05) is 12.1 Å². The molecule has 6 heteroatoms. The van der Waals surface area contributed by atoms with Crippen LogP contribution in [0.4, 0.5) is 5.69 Å². The Kier molecular flexibility index (Phi) is 4.56. The van der Waals surface area contributed by atoms with E-state index in [1.165, 1.54) is 10.4 Å². The van der Waals surface area contributed by atoms with Gasteiger partial charge in [-0.1, -0.05) is 26.0 Å². The Hall–Kier alpha value is -2.34. The molecule has 0 spiro atoms. The third-order valence-corrected chi connectivity index (χ3v) is 6.36. The van der Waals surface area contributed by atoms with E-state index in [2.05, 4.69) is 13.8 Å². The number of hydrogen-bond donors (Lipinski definition) is 1. The smallest absolute Gasteiger partial charge is 0.335 e. The average molecular weight is 359 g/mol. The van der Waals surface area contributed by atoms with Gasteiger partial charge in [0.15, 0.2) is 0 Å². The molecule has 0 unspecified atom stereocenters. The summed E-state index contributed by atoms with van der Waals surface area (Å²) < 4.78 is 27.5. The minimum atomic E-state index is -3.67. The number of carboxylic acids is 1. The molecule has 0 fully saturated rings. The van der Waals surface area contributed by atoms with Crippen molar-refractivity contribution >= 4 is 21.7 Å². The summed E-state index contributed by atoms with van der Waals surface area (Å²) in [5.74, 6) is -0.672. The van der Waals surface area contributed by atoms with Crippen LogP contribution >= 0.6 is 0 Å². The molecule has 2 aromatic rings. The van der Waals surface area contributed by atoms with Crippen molar-refractivity contribution < 1.29 is 18.3 Å². The van der Waals surface area contributed by atoms with Gasteiger partial charge in [-0.15, -0.1) is 0 Å². The minimum Gasteiger partial charge on any atom is -0.478 e. The lowest BCUT2D eigenvalue weighted by Gasteiger charge is -2.30. The second-order valence-corrected chi connectivity index (χ2v) is 8.42. The van der Waals surface area contributed by atoms with Gasteiger partial charge in [0.25, 0.3) is 10.0 Å². The number of aryl methyl sites for hydroxylation is 1. The van der Waals surface area contributed by atoms with Crippen LogP contribution in [0.25, 0.3) is 0 Å². The molecule has 2 aromatic carbocycles. The molecule has 3 rings (SSSR count). The van der Waals surface area contributed by atoms with Crippen molar-refractivity contribution in [3.05, 3.63) is 59.2 Å². The van der Waals surface area contributed by atoms with Gasteiger partial charge >= 0.3 is 5.97 Å². The first-order valence-corrected chi connectivity index (χ1v) is 9.73. The summed E-state index contributed by atoms with van der Waals surface area (Å²) in [6, 6.07) is 11.6. The molecule has 0 saturated heterocycles. The molecule has 1 aliphatic heterocycles. The number of fused-ring (bicyclic) bond motifs is 1. The fraction of sp³-hybridized carbons (Fsp3) is 0.316. The zero-order valence-corrected chi connectivity index (χ0v) is 15.1. The first kappa shape index (κ1) is 17.5. The highest BCUT2D eigenvalue weighted by atomic mass is 32.2. The maximum Gasteiger partial charge on any atom is 0.335 e. The topological polar surface area (TPSA) is 74.7 Å². The van der Waals surface area contributed by atoms with Gasteiger partial charge in [0.2, 0.25) is 0 Å². The molecule has 0 bridgehead atoms. The summed E-state index contributed by atoms with van der Waals surface area (Å²) in [6.45, 7) is 4.52. The fourth-order valence-corrected chi connectivity index (χ4v) is 4.64. The van der Waals surface area contributed by atoms with Crippen LogP contribution in [0.3, 0.4) is 0 Å². The van der Waals surface area contributed by atoms with E-state index in [1.54, 1.807) is 24.3 Å². The van der Waals surface area contributed by atoms with E-state index < -0.39 is 16.0 Å². The van der Waals surface area contributed by atoms with Crippen LogP contribution in [0, 0.1) is 0 Å². The van der Waals surface area contributed by atoms with Crippen LogP contribution in [-0.2, 0) is 16.4 Å². The quantitative estimate of drug-likeness (QED) is 0.904. The Bertz CT molecular complexity index is 902. The van der Waals surface area contributed by atoms with Crippen molar-refractivity contribution in [1.82, 2.24) is 0 Å². The highest BCUT2D eigenvalue weighted by molar-refractivity contribution is 7.92. The molecule has 1 aliphatic rings. The van der Waals surface area contributed by atoms with E-state index in [9.17, 15) is 13.2 Å². The highest BCUT2D eigenvalue weighted by Gasteiger charge is 2.29. The average Bonchev–Trinajstić information content (AvgIpc) is 2.60. The summed E-state index contributed by atoms with van der Waals surface area (Å²) in [6.07, 6.45) is 1.34. The first-order chi connectivity index (χ1) is 11.8. The maximum absolute atomic E-state index is 13.1. The number of benzene rings is 2. The lowest BCUT2D eigenvalue weighted by atomic mass is 10.0. The standard InChI is InChI=1S/C19H21NO4S/c1-13(2)14-5-8-17(9-6-14)25(23,24)20-11-3-4-15-12-16(19(21)22)7-10-18(15)20/h5-10,12-13H,3-4,11H2,1-2H3,(H,21,22). The minimum absolute atomic E-state index is 0.180. The maximum atomic E-state index is 13.1. The lowest BCUT2D eigenvalue weighted by Crippen LogP contribution is -2.35. The molecular weight excluding hydrogens is 338 g/mol. The van der Waals surface area contributed by atoms with Gasteiger partial charge in [-0.2, -0.15) is 0 Å². The van der Waals surface area contributed by atoms with E-state index >= 15 is 0 Å². The van der Waals surface area contributed by atoms with Crippen LogP contribution in [0.2, 0.25) is 0 Å². The highest BCUT2D eigenvalue weighted by Crippen LogP contribution is 2.33. The third-order valence-electron chi connectivity index (χ3n) is 4.54. The number of sulfonamides is 1. The second kappa shape index (κ2) is 6.52. The second-order valence-electron chi connectivity index (χ2n) is 6.55. The van der Waals surface area contributed by atoms with Crippen molar-refractivity contribution in [2.45, 2.75) is 37.5 Å². The Labute approximate surface area is 148 Å². The van der Waals surface area contributed by atoms with Crippen molar-refractivity contribution in [2.24, 2.45) is 0 Å².